The van der Waals surface area contributed by atoms with E-state index in [4.69, 9.17) is 0 Å². The summed E-state index contributed by atoms with van der Waals surface area (Å²) in [5.74, 6) is 0.206. The molecule has 2 nitrogen and oxygen atoms in total. The van der Waals surface area contributed by atoms with Crippen LogP contribution in [0.25, 0.3) is 0 Å². The molecule has 0 aromatic heterocycles. The summed E-state index contributed by atoms with van der Waals surface area (Å²) in [6.07, 6.45) is 0.373. The summed E-state index contributed by atoms with van der Waals surface area (Å²) >= 11 is 0. The molecule has 0 saturated heterocycles. The number of alkyl halides is 3. The molecule has 1 aromatic carbocycles. The van der Waals surface area contributed by atoms with Gasteiger partial charge in [0, 0.05) is 12.5 Å². The van der Waals surface area contributed by atoms with Crippen LogP contribution in [0.1, 0.15) is 36.8 Å². The van der Waals surface area contributed by atoms with E-state index < -0.39 is 11.7 Å². The van der Waals surface area contributed by atoms with E-state index in [1.165, 1.54) is 12.1 Å². The van der Waals surface area contributed by atoms with Gasteiger partial charge in [-0.25, -0.2) is 0 Å². The molecule has 1 aliphatic rings. The molecule has 1 N–H and O–H groups in total. The van der Waals surface area contributed by atoms with Crippen LogP contribution in [0.2, 0.25) is 0 Å². The number of carbonyl (C=O) groups excluding carboxylic acids is 1. The van der Waals surface area contributed by atoms with Gasteiger partial charge < -0.3 is 5.32 Å². The first-order valence-electron chi connectivity index (χ1n) is 6.90. The lowest BCUT2D eigenvalue weighted by Crippen LogP contribution is -2.30. The number of amides is 1. The number of carbonyl (C=O) groups is 1. The molecule has 1 aromatic rings. The summed E-state index contributed by atoms with van der Waals surface area (Å²) in [7, 11) is 0. The summed E-state index contributed by atoms with van der Waals surface area (Å²) in [6.45, 7) is 0.473. The molecule has 5 heteroatoms. The van der Waals surface area contributed by atoms with Gasteiger partial charge in [0.05, 0.1) is 5.56 Å². The van der Waals surface area contributed by atoms with Crippen molar-refractivity contribution in [2.24, 2.45) is 5.92 Å². The standard InChI is InChI=1S/C15H18F3NO/c16-15(17,18)13-7-5-11(6-8-13)9-10-19-14(20)12-3-1-2-4-12/h5-8,12H,1-4,9-10H2,(H,19,20). The summed E-state index contributed by atoms with van der Waals surface area (Å²) in [5, 5.41) is 2.86. The minimum absolute atomic E-state index is 0.0782. The molecular weight excluding hydrogens is 267 g/mol. The lowest BCUT2D eigenvalue weighted by molar-refractivity contribution is -0.137. The molecule has 0 unspecified atom stereocenters. The normalized spacial score (nSPS) is 16.4. The van der Waals surface area contributed by atoms with Crippen LogP contribution in [-0.2, 0) is 17.4 Å². The van der Waals surface area contributed by atoms with E-state index in [0.717, 1.165) is 43.4 Å². The molecule has 1 aliphatic carbocycles. The molecule has 1 fully saturated rings. The fourth-order valence-electron chi connectivity index (χ4n) is 2.52. The van der Waals surface area contributed by atoms with Crippen LogP contribution in [0.5, 0.6) is 0 Å². The minimum Gasteiger partial charge on any atom is -0.356 e. The fourth-order valence-corrected chi connectivity index (χ4v) is 2.52. The van der Waals surface area contributed by atoms with Crippen LogP contribution in [0.3, 0.4) is 0 Å². The van der Waals surface area contributed by atoms with E-state index in [9.17, 15) is 18.0 Å². The lowest BCUT2D eigenvalue weighted by Gasteiger charge is -2.11. The third kappa shape index (κ3) is 3.99. The number of halogens is 3. The van der Waals surface area contributed by atoms with Gasteiger partial charge in [0.15, 0.2) is 0 Å². The SMILES string of the molecule is O=C(NCCc1ccc(C(F)(F)F)cc1)C1CCCC1. The van der Waals surface area contributed by atoms with Crippen molar-refractivity contribution in [3.05, 3.63) is 35.4 Å². The predicted octanol–water partition coefficient (Wildman–Crippen LogP) is 3.55. The molecule has 0 aliphatic heterocycles. The Hall–Kier alpha value is -1.52. The number of benzene rings is 1. The molecule has 0 bridgehead atoms. The maximum atomic E-state index is 12.4. The lowest BCUT2D eigenvalue weighted by atomic mass is 10.1. The Balaban J connectivity index is 1.78. The molecule has 1 amide bonds. The van der Waals surface area contributed by atoms with Crippen molar-refractivity contribution < 1.29 is 18.0 Å². The van der Waals surface area contributed by atoms with Crippen molar-refractivity contribution in [1.29, 1.82) is 0 Å². The maximum Gasteiger partial charge on any atom is 0.416 e. The highest BCUT2D eigenvalue weighted by Crippen LogP contribution is 2.29. The molecule has 0 heterocycles. The third-order valence-electron chi connectivity index (χ3n) is 3.72. The van der Waals surface area contributed by atoms with Gasteiger partial charge in [-0.1, -0.05) is 25.0 Å². The van der Waals surface area contributed by atoms with E-state index in [-0.39, 0.29) is 11.8 Å². The van der Waals surface area contributed by atoms with Gasteiger partial charge in [-0.2, -0.15) is 13.2 Å². The monoisotopic (exact) mass is 285 g/mol. The zero-order valence-corrected chi connectivity index (χ0v) is 11.2. The summed E-state index contributed by atoms with van der Waals surface area (Å²) in [5.41, 5.74) is 0.154. The topological polar surface area (TPSA) is 29.1 Å². The molecule has 0 spiro atoms. The van der Waals surface area contributed by atoms with Crippen LogP contribution in [0.4, 0.5) is 13.2 Å². The first-order chi connectivity index (χ1) is 9.47. The average Bonchev–Trinajstić information content (AvgIpc) is 2.92. The average molecular weight is 285 g/mol. The van der Waals surface area contributed by atoms with Gasteiger partial charge in [-0.15, -0.1) is 0 Å². The highest BCUT2D eigenvalue weighted by molar-refractivity contribution is 5.78. The second-order valence-corrected chi connectivity index (χ2v) is 5.22. The zero-order chi connectivity index (χ0) is 14.6. The van der Waals surface area contributed by atoms with Crippen LogP contribution in [0.15, 0.2) is 24.3 Å². The Morgan fingerprint density at radius 3 is 2.30 bits per heavy atom. The van der Waals surface area contributed by atoms with E-state index in [2.05, 4.69) is 5.32 Å². The molecule has 110 valence electrons. The Bertz CT molecular complexity index is 447. The number of hydrogen-bond acceptors (Lipinski definition) is 1. The van der Waals surface area contributed by atoms with Crippen LogP contribution < -0.4 is 5.32 Å². The van der Waals surface area contributed by atoms with Gasteiger partial charge in [-0.3, -0.25) is 4.79 Å². The molecule has 1 saturated carbocycles. The van der Waals surface area contributed by atoms with E-state index >= 15 is 0 Å². The second kappa shape index (κ2) is 6.29. The molecule has 0 radical (unpaired) electrons. The van der Waals surface area contributed by atoms with Crippen molar-refractivity contribution in [2.75, 3.05) is 6.54 Å². The number of rotatable bonds is 4. The summed E-state index contributed by atoms with van der Waals surface area (Å²) in [4.78, 5) is 11.8. The Morgan fingerprint density at radius 2 is 1.75 bits per heavy atom. The third-order valence-corrected chi connectivity index (χ3v) is 3.72. The highest BCUT2D eigenvalue weighted by atomic mass is 19.4. The van der Waals surface area contributed by atoms with Gasteiger partial charge >= 0.3 is 6.18 Å². The molecule has 20 heavy (non-hydrogen) atoms. The van der Waals surface area contributed by atoms with E-state index in [1.807, 2.05) is 0 Å². The van der Waals surface area contributed by atoms with Crippen molar-refractivity contribution in [2.45, 2.75) is 38.3 Å². The van der Waals surface area contributed by atoms with Crippen molar-refractivity contribution in [1.82, 2.24) is 5.32 Å². The van der Waals surface area contributed by atoms with Crippen LogP contribution in [0, 0.1) is 5.92 Å². The molecular formula is C15H18F3NO. The van der Waals surface area contributed by atoms with Crippen LogP contribution >= 0.6 is 0 Å². The van der Waals surface area contributed by atoms with E-state index in [0.29, 0.717) is 13.0 Å². The minimum atomic E-state index is -4.30. The van der Waals surface area contributed by atoms with Gasteiger partial charge in [0.25, 0.3) is 0 Å². The van der Waals surface area contributed by atoms with Crippen molar-refractivity contribution in [3.8, 4) is 0 Å². The first-order valence-corrected chi connectivity index (χ1v) is 6.90. The van der Waals surface area contributed by atoms with E-state index in [1.54, 1.807) is 0 Å². The second-order valence-electron chi connectivity index (χ2n) is 5.22. The predicted molar refractivity (Wildman–Crippen MR) is 70.1 cm³/mol. The first kappa shape index (κ1) is 14.9. The van der Waals surface area contributed by atoms with Crippen molar-refractivity contribution in [3.63, 3.8) is 0 Å². The number of hydrogen-bond donors (Lipinski definition) is 1. The molecule has 0 atom stereocenters. The largest absolute Gasteiger partial charge is 0.416 e. The van der Waals surface area contributed by atoms with Gasteiger partial charge in [0.1, 0.15) is 0 Å². The summed E-state index contributed by atoms with van der Waals surface area (Å²) < 4.78 is 37.2. The molecule has 2 rings (SSSR count). The van der Waals surface area contributed by atoms with Gasteiger partial charge in [0.2, 0.25) is 5.91 Å². The van der Waals surface area contributed by atoms with Crippen LogP contribution in [-0.4, -0.2) is 12.5 Å². The number of nitrogens with one attached hydrogen (secondary N) is 1. The quantitative estimate of drug-likeness (QED) is 0.900. The van der Waals surface area contributed by atoms with Crippen molar-refractivity contribution >= 4 is 5.91 Å². The maximum absolute atomic E-state index is 12.4. The van der Waals surface area contributed by atoms with Gasteiger partial charge in [-0.05, 0) is 37.0 Å². The zero-order valence-electron chi connectivity index (χ0n) is 11.2. The fraction of sp³-hybridized carbons (Fsp3) is 0.533. The Kier molecular flexibility index (Phi) is 4.68. The summed E-state index contributed by atoms with van der Waals surface area (Å²) in [6, 6.07) is 5.08. The Morgan fingerprint density at radius 1 is 1.15 bits per heavy atom. The Labute approximate surface area is 116 Å². The smallest absolute Gasteiger partial charge is 0.356 e. The highest BCUT2D eigenvalue weighted by Gasteiger charge is 2.29.